The predicted octanol–water partition coefficient (Wildman–Crippen LogP) is 4.17. The molecule has 4 heteroatoms. The van der Waals surface area contributed by atoms with E-state index < -0.39 is 0 Å². The second-order valence-electron chi connectivity index (χ2n) is 6.37. The van der Waals surface area contributed by atoms with Gasteiger partial charge in [-0.1, -0.05) is 49.1 Å². The number of likely N-dealkylation sites (N-methyl/N-ethyl adjacent to an activating group) is 1. The molecular weight excluding hydrogens is 296 g/mol. The number of hydrogen-bond donors (Lipinski definition) is 1. The van der Waals surface area contributed by atoms with Crippen LogP contribution in [0.25, 0.3) is 0 Å². The van der Waals surface area contributed by atoms with Crippen LogP contribution in [0.15, 0.2) is 24.3 Å². The Morgan fingerprint density at radius 3 is 2.50 bits per heavy atom. The summed E-state index contributed by atoms with van der Waals surface area (Å²) in [5.74, 6) is 0.172. The van der Waals surface area contributed by atoms with Gasteiger partial charge in [-0.05, 0) is 38.3 Å². The van der Waals surface area contributed by atoms with Crippen molar-refractivity contribution in [3.63, 3.8) is 0 Å². The largest absolute Gasteiger partial charge is 0.341 e. The minimum Gasteiger partial charge on any atom is -0.341 e. The Bertz CT molecular complexity index is 500. The first kappa shape index (κ1) is 17.3. The summed E-state index contributed by atoms with van der Waals surface area (Å²) >= 11 is 6.23. The number of carbonyl (C=O) groups is 1. The number of nitrogens with one attached hydrogen (secondary N) is 1. The number of rotatable bonds is 5. The van der Waals surface area contributed by atoms with Gasteiger partial charge < -0.3 is 4.90 Å². The Kier molecular flexibility index (Phi) is 6.27. The zero-order valence-corrected chi connectivity index (χ0v) is 14.6. The standard InChI is InChI=1S/C18H27ClN2O/c1-13(16-11-7-8-12-17(16)19)20-14(2)18(22)21(3)15-9-5-4-6-10-15/h7-8,11-15,20H,4-6,9-10H2,1-3H3. The van der Waals surface area contributed by atoms with E-state index in [1.54, 1.807) is 0 Å². The minimum atomic E-state index is -0.210. The molecule has 0 heterocycles. The van der Waals surface area contributed by atoms with E-state index in [1.165, 1.54) is 19.3 Å². The van der Waals surface area contributed by atoms with Gasteiger partial charge in [0, 0.05) is 24.2 Å². The SMILES string of the molecule is CC(NC(C)c1ccccc1Cl)C(=O)N(C)C1CCCCC1. The van der Waals surface area contributed by atoms with Crippen LogP contribution in [0.2, 0.25) is 5.02 Å². The summed E-state index contributed by atoms with van der Waals surface area (Å²) in [4.78, 5) is 14.6. The summed E-state index contributed by atoms with van der Waals surface area (Å²) < 4.78 is 0. The first-order valence-corrected chi connectivity index (χ1v) is 8.65. The van der Waals surface area contributed by atoms with Crippen LogP contribution < -0.4 is 5.32 Å². The van der Waals surface area contributed by atoms with Crippen molar-refractivity contribution in [1.82, 2.24) is 10.2 Å². The monoisotopic (exact) mass is 322 g/mol. The van der Waals surface area contributed by atoms with Crippen molar-refractivity contribution in [2.45, 2.75) is 64.1 Å². The zero-order chi connectivity index (χ0) is 16.1. The highest BCUT2D eigenvalue weighted by atomic mass is 35.5. The number of carbonyl (C=O) groups excluding carboxylic acids is 1. The summed E-state index contributed by atoms with van der Waals surface area (Å²) in [6, 6.07) is 8.02. The maximum absolute atomic E-state index is 12.6. The molecular formula is C18H27ClN2O. The van der Waals surface area contributed by atoms with Crippen molar-refractivity contribution < 1.29 is 4.79 Å². The molecule has 1 fully saturated rings. The number of amides is 1. The Morgan fingerprint density at radius 2 is 1.86 bits per heavy atom. The van der Waals surface area contributed by atoms with Crippen molar-refractivity contribution in [2.75, 3.05) is 7.05 Å². The van der Waals surface area contributed by atoms with Crippen LogP contribution in [0.4, 0.5) is 0 Å². The van der Waals surface area contributed by atoms with Gasteiger partial charge in [0.1, 0.15) is 0 Å². The first-order valence-electron chi connectivity index (χ1n) is 8.28. The van der Waals surface area contributed by atoms with E-state index in [0.29, 0.717) is 6.04 Å². The van der Waals surface area contributed by atoms with Crippen molar-refractivity contribution in [3.8, 4) is 0 Å². The van der Waals surface area contributed by atoms with Gasteiger partial charge in [0.2, 0.25) is 5.91 Å². The molecule has 0 saturated heterocycles. The van der Waals surface area contributed by atoms with E-state index in [0.717, 1.165) is 23.4 Å². The minimum absolute atomic E-state index is 0.0485. The van der Waals surface area contributed by atoms with Gasteiger partial charge in [-0.2, -0.15) is 0 Å². The lowest BCUT2D eigenvalue weighted by Gasteiger charge is -2.34. The van der Waals surface area contributed by atoms with Gasteiger partial charge >= 0.3 is 0 Å². The lowest BCUT2D eigenvalue weighted by Crippen LogP contribution is -2.48. The van der Waals surface area contributed by atoms with E-state index in [1.807, 2.05) is 50.1 Å². The molecule has 1 aliphatic carbocycles. The van der Waals surface area contributed by atoms with E-state index in [9.17, 15) is 4.79 Å². The molecule has 122 valence electrons. The van der Waals surface area contributed by atoms with Crippen LogP contribution in [-0.2, 0) is 4.79 Å². The van der Waals surface area contributed by atoms with Gasteiger partial charge in [-0.15, -0.1) is 0 Å². The molecule has 1 saturated carbocycles. The van der Waals surface area contributed by atoms with Gasteiger partial charge in [-0.3, -0.25) is 10.1 Å². The Balaban J connectivity index is 1.94. The Labute approximate surface area is 139 Å². The molecule has 1 aromatic rings. The summed E-state index contributed by atoms with van der Waals surface area (Å²) in [6.07, 6.45) is 6.04. The second kappa shape index (κ2) is 7.98. The molecule has 0 aromatic heterocycles. The number of benzene rings is 1. The molecule has 0 bridgehead atoms. The molecule has 3 nitrogen and oxygen atoms in total. The molecule has 2 atom stereocenters. The molecule has 2 unspecified atom stereocenters. The van der Waals surface area contributed by atoms with Crippen LogP contribution in [0, 0.1) is 0 Å². The van der Waals surface area contributed by atoms with E-state index in [2.05, 4.69) is 5.32 Å². The number of hydrogen-bond acceptors (Lipinski definition) is 2. The molecule has 0 aliphatic heterocycles. The van der Waals surface area contributed by atoms with Crippen molar-refractivity contribution in [3.05, 3.63) is 34.9 Å². The summed E-state index contributed by atoms with van der Waals surface area (Å²) in [6.45, 7) is 3.99. The van der Waals surface area contributed by atoms with Gasteiger partial charge in [-0.25, -0.2) is 0 Å². The predicted molar refractivity (Wildman–Crippen MR) is 92.1 cm³/mol. The molecule has 1 aromatic carbocycles. The van der Waals surface area contributed by atoms with Crippen LogP contribution in [0.1, 0.15) is 57.6 Å². The molecule has 2 rings (SSSR count). The highest BCUT2D eigenvalue weighted by Gasteiger charge is 2.26. The maximum atomic E-state index is 12.6. The van der Waals surface area contributed by atoms with Gasteiger partial charge in [0.15, 0.2) is 0 Å². The van der Waals surface area contributed by atoms with Crippen LogP contribution in [0.5, 0.6) is 0 Å². The van der Waals surface area contributed by atoms with Crippen LogP contribution in [-0.4, -0.2) is 29.9 Å². The fourth-order valence-electron chi connectivity index (χ4n) is 3.32. The highest BCUT2D eigenvalue weighted by Crippen LogP contribution is 2.24. The molecule has 1 aliphatic rings. The molecule has 1 amide bonds. The van der Waals surface area contributed by atoms with Crippen LogP contribution in [0.3, 0.4) is 0 Å². The van der Waals surface area contributed by atoms with Crippen molar-refractivity contribution in [2.24, 2.45) is 0 Å². The third kappa shape index (κ3) is 4.23. The Morgan fingerprint density at radius 1 is 1.23 bits per heavy atom. The third-order valence-corrected chi connectivity index (χ3v) is 5.06. The summed E-state index contributed by atoms with van der Waals surface area (Å²) in [5, 5.41) is 4.12. The second-order valence-corrected chi connectivity index (χ2v) is 6.78. The van der Waals surface area contributed by atoms with Crippen LogP contribution >= 0.6 is 11.6 Å². The summed E-state index contributed by atoms with van der Waals surface area (Å²) in [5.41, 5.74) is 1.03. The fraction of sp³-hybridized carbons (Fsp3) is 0.611. The first-order chi connectivity index (χ1) is 10.5. The maximum Gasteiger partial charge on any atom is 0.239 e. The normalized spacial score (nSPS) is 18.7. The van der Waals surface area contributed by atoms with E-state index >= 15 is 0 Å². The fourth-order valence-corrected chi connectivity index (χ4v) is 3.62. The van der Waals surface area contributed by atoms with Crippen molar-refractivity contribution in [1.29, 1.82) is 0 Å². The lowest BCUT2D eigenvalue weighted by molar-refractivity contribution is -0.134. The quantitative estimate of drug-likeness (QED) is 0.882. The van der Waals surface area contributed by atoms with Crippen molar-refractivity contribution >= 4 is 17.5 Å². The van der Waals surface area contributed by atoms with E-state index in [-0.39, 0.29) is 18.0 Å². The molecule has 22 heavy (non-hydrogen) atoms. The van der Waals surface area contributed by atoms with E-state index in [4.69, 9.17) is 11.6 Å². The average Bonchev–Trinajstić information content (AvgIpc) is 2.54. The Hall–Kier alpha value is -1.06. The van der Waals surface area contributed by atoms with Gasteiger partial charge in [0.25, 0.3) is 0 Å². The number of halogens is 1. The average molecular weight is 323 g/mol. The smallest absolute Gasteiger partial charge is 0.239 e. The zero-order valence-electron chi connectivity index (χ0n) is 13.8. The molecule has 0 radical (unpaired) electrons. The van der Waals surface area contributed by atoms with Gasteiger partial charge in [0.05, 0.1) is 6.04 Å². The summed E-state index contributed by atoms with van der Waals surface area (Å²) in [7, 11) is 1.94. The highest BCUT2D eigenvalue weighted by molar-refractivity contribution is 6.31. The topological polar surface area (TPSA) is 32.3 Å². The molecule has 1 N–H and O–H groups in total. The number of nitrogens with zero attached hydrogens (tertiary/aromatic N) is 1. The molecule has 0 spiro atoms. The third-order valence-electron chi connectivity index (χ3n) is 4.71. The lowest BCUT2D eigenvalue weighted by atomic mass is 9.94.